The molecular formula is C21H24N4O4. The molecule has 29 heavy (non-hydrogen) atoms. The van der Waals surface area contributed by atoms with Gasteiger partial charge in [-0.05, 0) is 49.1 Å². The zero-order valence-electron chi connectivity index (χ0n) is 16.0. The van der Waals surface area contributed by atoms with Crippen LogP contribution in [0, 0.1) is 5.41 Å². The molecule has 4 N–H and O–H groups in total. The van der Waals surface area contributed by atoms with Crippen LogP contribution >= 0.6 is 0 Å². The minimum atomic E-state index is -0.848. The maximum atomic E-state index is 12.4. The van der Waals surface area contributed by atoms with Gasteiger partial charge < -0.3 is 15.2 Å². The molecule has 0 radical (unpaired) electrons. The molecule has 152 valence electrons. The standard InChI is InChI=1S/C21H24N4O4/c26-19(23-13-21(7-8-21)20(27)28)15-3-1-2-14(10-15)12-29-16-4-5-17(22-11-16)18-6-9-24-25-18/h1-5,10-11,18,24-25H,6-9,12-13H2,(H,23,26)(H,27,28). The van der Waals surface area contributed by atoms with Crippen LogP contribution in [0.25, 0.3) is 0 Å². The Labute approximate surface area is 168 Å². The Balaban J connectivity index is 1.31. The number of carbonyl (C=O) groups excluding carboxylic acids is 1. The summed E-state index contributed by atoms with van der Waals surface area (Å²) in [6.07, 6.45) is 3.91. The molecule has 1 aromatic heterocycles. The van der Waals surface area contributed by atoms with Crippen molar-refractivity contribution >= 4 is 11.9 Å². The molecular weight excluding hydrogens is 372 g/mol. The Bertz CT molecular complexity index is 890. The van der Waals surface area contributed by atoms with Gasteiger partial charge in [-0.3, -0.25) is 20.0 Å². The second-order valence-electron chi connectivity index (χ2n) is 7.59. The lowest BCUT2D eigenvalue weighted by Crippen LogP contribution is -2.34. The molecule has 1 aliphatic heterocycles. The number of ether oxygens (including phenoxy) is 1. The summed E-state index contributed by atoms with van der Waals surface area (Å²) in [4.78, 5) is 28.0. The van der Waals surface area contributed by atoms with Crippen LogP contribution in [0.3, 0.4) is 0 Å². The SMILES string of the molecule is O=C(NCC1(C(=O)O)CC1)c1cccc(COc2ccc(C3CCNN3)nc2)c1. The topological polar surface area (TPSA) is 113 Å². The molecule has 1 saturated heterocycles. The minimum absolute atomic E-state index is 0.158. The molecule has 1 atom stereocenters. The summed E-state index contributed by atoms with van der Waals surface area (Å²) in [5.74, 6) is -0.464. The highest BCUT2D eigenvalue weighted by Gasteiger charge is 2.50. The Hall–Kier alpha value is -2.97. The zero-order chi connectivity index (χ0) is 20.3. The van der Waals surface area contributed by atoms with Gasteiger partial charge in [0.2, 0.25) is 0 Å². The van der Waals surface area contributed by atoms with Crippen LogP contribution in [-0.2, 0) is 11.4 Å². The van der Waals surface area contributed by atoms with Gasteiger partial charge in [0.05, 0.1) is 23.3 Å². The van der Waals surface area contributed by atoms with Crippen molar-refractivity contribution in [2.45, 2.75) is 31.9 Å². The molecule has 2 aromatic rings. The molecule has 1 saturated carbocycles. The van der Waals surface area contributed by atoms with Gasteiger partial charge in [0, 0.05) is 18.7 Å². The normalized spacial score (nSPS) is 19.5. The van der Waals surface area contributed by atoms with E-state index in [9.17, 15) is 14.7 Å². The Kier molecular flexibility index (Phi) is 5.46. The number of hydrogen-bond donors (Lipinski definition) is 4. The van der Waals surface area contributed by atoms with E-state index >= 15 is 0 Å². The van der Waals surface area contributed by atoms with Crippen LogP contribution in [0.1, 0.15) is 46.9 Å². The molecule has 4 rings (SSSR count). The van der Waals surface area contributed by atoms with E-state index in [2.05, 4.69) is 21.2 Å². The second kappa shape index (κ2) is 8.18. The lowest BCUT2D eigenvalue weighted by Gasteiger charge is -2.12. The number of carbonyl (C=O) groups is 2. The van der Waals surface area contributed by atoms with Crippen LogP contribution in [0.5, 0.6) is 5.75 Å². The van der Waals surface area contributed by atoms with Crippen molar-refractivity contribution in [3.05, 3.63) is 59.4 Å². The highest BCUT2D eigenvalue weighted by atomic mass is 16.5. The summed E-state index contributed by atoms with van der Waals surface area (Å²) >= 11 is 0. The first-order chi connectivity index (χ1) is 14.1. The van der Waals surface area contributed by atoms with E-state index in [1.807, 2.05) is 18.2 Å². The lowest BCUT2D eigenvalue weighted by molar-refractivity contribution is -0.143. The van der Waals surface area contributed by atoms with Crippen molar-refractivity contribution in [1.82, 2.24) is 21.2 Å². The fourth-order valence-electron chi connectivity index (χ4n) is 3.33. The van der Waals surface area contributed by atoms with Crippen LogP contribution in [0.2, 0.25) is 0 Å². The average molecular weight is 396 g/mol. The first-order valence-corrected chi connectivity index (χ1v) is 9.73. The zero-order valence-corrected chi connectivity index (χ0v) is 16.0. The highest BCUT2D eigenvalue weighted by Crippen LogP contribution is 2.45. The lowest BCUT2D eigenvalue weighted by atomic mass is 10.1. The van der Waals surface area contributed by atoms with Gasteiger partial charge in [-0.2, -0.15) is 0 Å². The van der Waals surface area contributed by atoms with E-state index in [1.165, 1.54) is 0 Å². The predicted octanol–water partition coefficient (Wildman–Crippen LogP) is 1.79. The number of nitrogens with one attached hydrogen (secondary N) is 3. The van der Waals surface area contributed by atoms with Crippen LogP contribution in [0.15, 0.2) is 42.6 Å². The van der Waals surface area contributed by atoms with E-state index in [0.717, 1.165) is 24.2 Å². The molecule has 1 aromatic carbocycles. The first-order valence-electron chi connectivity index (χ1n) is 9.73. The van der Waals surface area contributed by atoms with Gasteiger partial charge in [-0.1, -0.05) is 12.1 Å². The maximum Gasteiger partial charge on any atom is 0.311 e. The molecule has 1 aliphatic carbocycles. The third kappa shape index (κ3) is 4.55. The van der Waals surface area contributed by atoms with E-state index in [-0.39, 0.29) is 18.5 Å². The van der Waals surface area contributed by atoms with Crippen molar-refractivity contribution in [3.63, 3.8) is 0 Å². The third-order valence-electron chi connectivity index (χ3n) is 5.44. The van der Waals surface area contributed by atoms with Crippen molar-refractivity contribution < 1.29 is 19.4 Å². The number of rotatable bonds is 8. The van der Waals surface area contributed by atoms with E-state index in [0.29, 0.717) is 30.8 Å². The number of amides is 1. The van der Waals surface area contributed by atoms with E-state index in [4.69, 9.17) is 4.74 Å². The Morgan fingerprint density at radius 1 is 1.28 bits per heavy atom. The van der Waals surface area contributed by atoms with Gasteiger partial charge in [-0.25, -0.2) is 5.43 Å². The molecule has 1 amide bonds. The van der Waals surface area contributed by atoms with Crippen LogP contribution in [0.4, 0.5) is 0 Å². The van der Waals surface area contributed by atoms with Gasteiger partial charge >= 0.3 is 5.97 Å². The number of hydrazine groups is 1. The first kappa shape index (κ1) is 19.4. The number of carboxylic acid groups (broad SMARTS) is 1. The monoisotopic (exact) mass is 396 g/mol. The van der Waals surface area contributed by atoms with Crippen molar-refractivity contribution in [3.8, 4) is 5.75 Å². The van der Waals surface area contributed by atoms with Crippen molar-refractivity contribution in [2.24, 2.45) is 5.41 Å². The van der Waals surface area contributed by atoms with Gasteiger partial charge in [0.1, 0.15) is 12.4 Å². The Morgan fingerprint density at radius 3 is 2.79 bits per heavy atom. The fraction of sp³-hybridized carbons (Fsp3) is 0.381. The molecule has 2 aliphatic rings. The summed E-state index contributed by atoms with van der Waals surface area (Å²) in [5.41, 5.74) is 7.79. The fourth-order valence-corrected chi connectivity index (χ4v) is 3.33. The van der Waals surface area contributed by atoms with Gasteiger partial charge in [0.15, 0.2) is 0 Å². The number of carboxylic acids is 1. The summed E-state index contributed by atoms with van der Waals surface area (Å²) in [5, 5.41) is 11.9. The number of pyridine rings is 1. The van der Waals surface area contributed by atoms with Crippen LogP contribution < -0.4 is 20.9 Å². The number of nitrogens with zero attached hydrogens (tertiary/aromatic N) is 1. The summed E-state index contributed by atoms with van der Waals surface area (Å²) in [6.45, 7) is 1.39. The smallest absolute Gasteiger partial charge is 0.311 e. The highest BCUT2D eigenvalue weighted by molar-refractivity contribution is 5.94. The molecule has 8 heteroatoms. The maximum absolute atomic E-state index is 12.4. The van der Waals surface area contributed by atoms with Gasteiger partial charge in [-0.15, -0.1) is 0 Å². The number of benzene rings is 1. The molecule has 8 nitrogen and oxygen atoms in total. The molecule has 1 unspecified atom stereocenters. The molecule has 2 fully saturated rings. The molecule has 2 heterocycles. The quantitative estimate of drug-likeness (QED) is 0.538. The second-order valence-corrected chi connectivity index (χ2v) is 7.59. The predicted molar refractivity (Wildman–Crippen MR) is 105 cm³/mol. The number of hydrogen-bond acceptors (Lipinski definition) is 6. The minimum Gasteiger partial charge on any atom is -0.487 e. The molecule has 0 spiro atoms. The van der Waals surface area contributed by atoms with E-state index in [1.54, 1.807) is 24.4 Å². The van der Waals surface area contributed by atoms with Gasteiger partial charge in [0.25, 0.3) is 5.91 Å². The number of aromatic nitrogens is 1. The van der Waals surface area contributed by atoms with Crippen LogP contribution in [-0.4, -0.2) is 35.1 Å². The average Bonchev–Trinajstić information content (AvgIpc) is 3.35. The summed E-state index contributed by atoms with van der Waals surface area (Å²) in [7, 11) is 0. The summed E-state index contributed by atoms with van der Waals surface area (Å²) < 4.78 is 5.79. The van der Waals surface area contributed by atoms with E-state index < -0.39 is 11.4 Å². The summed E-state index contributed by atoms with van der Waals surface area (Å²) in [6, 6.07) is 11.2. The Morgan fingerprint density at radius 2 is 2.14 bits per heavy atom. The number of aliphatic carboxylic acids is 1. The van der Waals surface area contributed by atoms with Crippen molar-refractivity contribution in [1.29, 1.82) is 0 Å². The van der Waals surface area contributed by atoms with Crippen molar-refractivity contribution in [2.75, 3.05) is 13.1 Å². The molecule has 0 bridgehead atoms. The third-order valence-corrected chi connectivity index (χ3v) is 5.44. The largest absolute Gasteiger partial charge is 0.487 e.